The molecular weight excluding hydrogens is 106 g/mol. The summed E-state index contributed by atoms with van der Waals surface area (Å²) in [6.45, 7) is 1.74. The van der Waals surface area contributed by atoms with Crippen LogP contribution < -0.4 is 5.32 Å². The molecule has 0 aromatic rings. The molecule has 1 atom stereocenters. The third-order valence-corrected chi connectivity index (χ3v) is 1.20. The van der Waals surface area contributed by atoms with Crippen molar-refractivity contribution in [3.8, 4) is 0 Å². The Labute approximate surface area is 47.1 Å². The van der Waals surface area contributed by atoms with Gasteiger partial charge in [0.25, 0.3) is 0 Å². The van der Waals surface area contributed by atoms with Gasteiger partial charge in [-0.25, -0.2) is 0 Å². The molecule has 1 saturated heterocycles. The highest BCUT2D eigenvalue weighted by atomic mass is 16.2. The van der Waals surface area contributed by atoms with E-state index < -0.39 is 0 Å². The molecular formula is C5H7NO2. The normalized spacial score (nSPS) is 28.4. The number of nitrogens with one attached hydrogen (secondary N) is 1. The monoisotopic (exact) mass is 113 g/mol. The molecule has 0 spiro atoms. The minimum atomic E-state index is -0.150. The number of carbonyl (C=O) groups is 2. The third-order valence-electron chi connectivity index (χ3n) is 1.20. The minimum absolute atomic E-state index is 0.109. The van der Waals surface area contributed by atoms with Gasteiger partial charge in [0.1, 0.15) is 0 Å². The van der Waals surface area contributed by atoms with Crippen LogP contribution in [0.25, 0.3) is 0 Å². The van der Waals surface area contributed by atoms with Crippen LogP contribution in [-0.2, 0) is 9.59 Å². The van der Waals surface area contributed by atoms with Crippen molar-refractivity contribution in [3.63, 3.8) is 0 Å². The number of rotatable bonds is 0. The molecule has 0 bridgehead atoms. The van der Waals surface area contributed by atoms with Gasteiger partial charge in [0.15, 0.2) is 0 Å². The first-order chi connectivity index (χ1) is 3.70. The Morgan fingerprint density at radius 1 is 1.62 bits per heavy atom. The van der Waals surface area contributed by atoms with Crippen LogP contribution >= 0.6 is 0 Å². The van der Waals surface area contributed by atoms with Crippen LogP contribution in [0.1, 0.15) is 13.3 Å². The van der Waals surface area contributed by atoms with Crippen LogP contribution in [0.15, 0.2) is 0 Å². The smallest absolute Gasteiger partial charge is 0.229 e. The van der Waals surface area contributed by atoms with Crippen LogP contribution in [0.2, 0.25) is 0 Å². The zero-order valence-electron chi connectivity index (χ0n) is 4.60. The molecule has 0 unspecified atom stereocenters. The maximum absolute atomic E-state index is 10.5. The van der Waals surface area contributed by atoms with Gasteiger partial charge in [-0.3, -0.25) is 14.9 Å². The Morgan fingerprint density at radius 2 is 2.25 bits per heavy atom. The van der Waals surface area contributed by atoms with E-state index in [9.17, 15) is 9.59 Å². The molecule has 1 fully saturated rings. The van der Waals surface area contributed by atoms with Gasteiger partial charge in [0.05, 0.1) is 0 Å². The number of carbonyl (C=O) groups excluding carboxylic acids is 2. The molecule has 1 aliphatic heterocycles. The van der Waals surface area contributed by atoms with Crippen molar-refractivity contribution in [2.24, 2.45) is 5.92 Å². The number of imide groups is 1. The summed E-state index contributed by atoms with van der Waals surface area (Å²) in [6, 6.07) is 0. The molecule has 3 heteroatoms. The van der Waals surface area contributed by atoms with Crippen LogP contribution in [0.5, 0.6) is 0 Å². The van der Waals surface area contributed by atoms with E-state index in [4.69, 9.17) is 0 Å². The topological polar surface area (TPSA) is 46.2 Å². The maximum atomic E-state index is 10.5. The SMILES string of the molecule is C[C@@H]1CC(=O)NC1=O. The molecule has 1 rings (SSSR count). The lowest BCUT2D eigenvalue weighted by atomic mass is 10.1. The molecule has 0 radical (unpaired) electrons. The van der Waals surface area contributed by atoms with Gasteiger partial charge in [-0.2, -0.15) is 0 Å². The standard InChI is InChI=1S/C5H7NO2/c1-3-2-4(7)6-5(3)8/h3H,2H2,1H3,(H,6,7,8)/t3-/m1/s1. The molecule has 0 saturated carbocycles. The van der Waals surface area contributed by atoms with Crippen molar-refractivity contribution in [1.82, 2.24) is 5.32 Å². The Balaban J connectivity index is 2.64. The van der Waals surface area contributed by atoms with E-state index in [1.165, 1.54) is 0 Å². The van der Waals surface area contributed by atoms with Crippen LogP contribution in [0, 0.1) is 5.92 Å². The molecule has 1 N–H and O–H groups in total. The summed E-state index contributed by atoms with van der Waals surface area (Å²) in [5, 5.41) is 2.19. The molecule has 2 amide bonds. The van der Waals surface area contributed by atoms with Gasteiger partial charge in [0.2, 0.25) is 11.8 Å². The maximum Gasteiger partial charge on any atom is 0.229 e. The van der Waals surface area contributed by atoms with Gasteiger partial charge in [-0.15, -0.1) is 0 Å². The second-order valence-corrected chi connectivity index (χ2v) is 2.02. The zero-order chi connectivity index (χ0) is 6.15. The fraction of sp³-hybridized carbons (Fsp3) is 0.600. The highest BCUT2D eigenvalue weighted by Crippen LogP contribution is 2.07. The summed E-state index contributed by atoms with van der Waals surface area (Å²) >= 11 is 0. The second kappa shape index (κ2) is 1.58. The quantitative estimate of drug-likeness (QED) is 0.437. The average molecular weight is 113 g/mol. The summed E-state index contributed by atoms with van der Waals surface area (Å²) in [5.74, 6) is -0.403. The predicted octanol–water partition coefficient (Wildman–Crippen LogP) is -0.331. The number of hydrogen-bond acceptors (Lipinski definition) is 2. The molecule has 0 aliphatic carbocycles. The molecule has 3 nitrogen and oxygen atoms in total. The number of amides is 2. The van der Waals surface area contributed by atoms with Gasteiger partial charge in [-0.05, 0) is 0 Å². The van der Waals surface area contributed by atoms with Gasteiger partial charge in [0, 0.05) is 12.3 Å². The van der Waals surface area contributed by atoms with Gasteiger partial charge in [-0.1, -0.05) is 6.92 Å². The predicted molar refractivity (Wildman–Crippen MR) is 26.9 cm³/mol. The molecule has 8 heavy (non-hydrogen) atoms. The largest absolute Gasteiger partial charge is 0.296 e. The first-order valence-corrected chi connectivity index (χ1v) is 2.54. The van der Waals surface area contributed by atoms with E-state index in [1.54, 1.807) is 6.92 Å². The van der Waals surface area contributed by atoms with Gasteiger partial charge >= 0.3 is 0 Å². The van der Waals surface area contributed by atoms with Crippen LogP contribution in [-0.4, -0.2) is 11.8 Å². The highest BCUT2D eigenvalue weighted by Gasteiger charge is 2.25. The first kappa shape index (κ1) is 5.28. The Bertz CT molecular complexity index is 141. The summed E-state index contributed by atoms with van der Waals surface area (Å²) in [7, 11) is 0. The van der Waals surface area contributed by atoms with Crippen molar-refractivity contribution in [2.75, 3.05) is 0 Å². The molecule has 0 aromatic heterocycles. The van der Waals surface area contributed by atoms with Crippen molar-refractivity contribution < 1.29 is 9.59 Å². The fourth-order valence-electron chi connectivity index (χ4n) is 0.682. The third kappa shape index (κ3) is 0.710. The number of hydrogen-bond donors (Lipinski definition) is 1. The van der Waals surface area contributed by atoms with E-state index in [0.29, 0.717) is 6.42 Å². The van der Waals surface area contributed by atoms with Crippen molar-refractivity contribution in [3.05, 3.63) is 0 Å². The van der Waals surface area contributed by atoms with Crippen molar-refractivity contribution in [1.29, 1.82) is 0 Å². The fourth-order valence-corrected chi connectivity index (χ4v) is 0.682. The molecule has 1 aliphatic rings. The molecule has 44 valence electrons. The molecule has 1 heterocycles. The minimum Gasteiger partial charge on any atom is -0.296 e. The summed E-state index contributed by atoms with van der Waals surface area (Å²) in [4.78, 5) is 20.8. The van der Waals surface area contributed by atoms with Crippen LogP contribution in [0.4, 0.5) is 0 Å². The van der Waals surface area contributed by atoms with E-state index >= 15 is 0 Å². The highest BCUT2D eigenvalue weighted by molar-refractivity contribution is 6.03. The summed E-state index contributed by atoms with van der Waals surface area (Å²) in [6.07, 6.45) is 0.360. The van der Waals surface area contributed by atoms with E-state index in [0.717, 1.165) is 0 Å². The van der Waals surface area contributed by atoms with Crippen molar-refractivity contribution >= 4 is 11.8 Å². The lowest BCUT2D eigenvalue weighted by Gasteiger charge is -1.88. The first-order valence-electron chi connectivity index (χ1n) is 2.54. The summed E-state index contributed by atoms with van der Waals surface area (Å²) < 4.78 is 0. The lowest BCUT2D eigenvalue weighted by Crippen LogP contribution is -2.20. The Kier molecular flexibility index (Phi) is 1.04. The summed E-state index contributed by atoms with van der Waals surface area (Å²) in [5.41, 5.74) is 0. The van der Waals surface area contributed by atoms with E-state index in [1.807, 2.05) is 0 Å². The van der Waals surface area contributed by atoms with E-state index in [2.05, 4.69) is 5.32 Å². The van der Waals surface area contributed by atoms with Crippen LogP contribution in [0.3, 0.4) is 0 Å². The second-order valence-electron chi connectivity index (χ2n) is 2.02. The van der Waals surface area contributed by atoms with Gasteiger partial charge < -0.3 is 0 Å². The zero-order valence-corrected chi connectivity index (χ0v) is 4.60. The Morgan fingerprint density at radius 3 is 2.38 bits per heavy atom. The molecule has 0 aromatic carbocycles. The van der Waals surface area contributed by atoms with Crippen molar-refractivity contribution in [2.45, 2.75) is 13.3 Å². The Hall–Kier alpha value is -0.860. The lowest BCUT2D eigenvalue weighted by molar-refractivity contribution is -0.125. The van der Waals surface area contributed by atoms with E-state index in [-0.39, 0.29) is 17.7 Å². The average Bonchev–Trinajstić information content (AvgIpc) is 1.85.